The number of para-hydroxylation sites is 1. The number of carbonyl (C=O) groups excluding carboxylic acids is 2. The number of hydrogen-bond donors (Lipinski definition) is 1. The molecule has 0 aromatic heterocycles. The Balaban J connectivity index is 1.82. The fourth-order valence-electron chi connectivity index (χ4n) is 3.06. The van der Waals surface area contributed by atoms with E-state index in [1.165, 1.54) is 7.11 Å². The maximum Gasteiger partial charge on any atom is 0.339 e. The van der Waals surface area contributed by atoms with E-state index in [0.717, 1.165) is 0 Å². The van der Waals surface area contributed by atoms with Crippen LogP contribution in [0, 0.1) is 0 Å². The average Bonchev–Trinajstić information content (AvgIpc) is 2.83. The first-order valence-electron chi connectivity index (χ1n) is 10.1. The summed E-state index contributed by atoms with van der Waals surface area (Å²) < 4.78 is 21.6. The van der Waals surface area contributed by atoms with E-state index in [0.29, 0.717) is 40.7 Å². The van der Waals surface area contributed by atoms with Gasteiger partial charge in [-0.1, -0.05) is 18.2 Å². The largest absolute Gasteiger partial charge is 0.497 e. The number of anilines is 1. The Labute approximate surface area is 186 Å². The molecule has 1 amide bonds. The lowest BCUT2D eigenvalue weighted by Gasteiger charge is -2.14. The van der Waals surface area contributed by atoms with Crippen LogP contribution >= 0.6 is 0 Å². The number of methoxy groups -OCH3 is 2. The minimum Gasteiger partial charge on any atom is -0.497 e. The Hall–Kier alpha value is -4.00. The summed E-state index contributed by atoms with van der Waals surface area (Å²) in [5.41, 5.74) is 1.75. The molecule has 1 N–H and O–H groups in total. The van der Waals surface area contributed by atoms with Gasteiger partial charge in [0.2, 0.25) is 0 Å². The van der Waals surface area contributed by atoms with Gasteiger partial charge in [-0.25, -0.2) is 4.79 Å². The third-order valence-electron chi connectivity index (χ3n) is 4.64. The van der Waals surface area contributed by atoms with Crippen LogP contribution in [-0.4, -0.2) is 32.7 Å². The molecule has 0 saturated carbocycles. The fraction of sp³-hybridized carbons (Fsp3) is 0.200. The first-order chi connectivity index (χ1) is 15.5. The molecule has 0 bridgehead atoms. The fourth-order valence-corrected chi connectivity index (χ4v) is 3.06. The van der Waals surface area contributed by atoms with Gasteiger partial charge in [0.1, 0.15) is 23.9 Å². The van der Waals surface area contributed by atoms with Crippen molar-refractivity contribution < 1.29 is 28.5 Å². The first-order valence-corrected chi connectivity index (χ1v) is 10.1. The van der Waals surface area contributed by atoms with Crippen molar-refractivity contribution in [3.05, 3.63) is 83.4 Å². The normalized spacial score (nSPS) is 10.2. The molecule has 7 heteroatoms. The minimum absolute atomic E-state index is 0.197. The van der Waals surface area contributed by atoms with E-state index in [1.54, 1.807) is 55.6 Å². The lowest BCUT2D eigenvalue weighted by molar-refractivity contribution is 0.0602. The van der Waals surface area contributed by atoms with Gasteiger partial charge in [0, 0.05) is 17.2 Å². The van der Waals surface area contributed by atoms with Gasteiger partial charge in [-0.05, 0) is 49.4 Å². The number of nitrogens with one attached hydrogen (secondary N) is 1. The molecule has 32 heavy (non-hydrogen) atoms. The number of rotatable bonds is 9. The van der Waals surface area contributed by atoms with E-state index < -0.39 is 5.97 Å². The van der Waals surface area contributed by atoms with E-state index in [4.69, 9.17) is 18.9 Å². The number of ether oxygens (including phenoxy) is 4. The zero-order chi connectivity index (χ0) is 22.9. The van der Waals surface area contributed by atoms with Crippen LogP contribution in [-0.2, 0) is 11.3 Å². The molecule has 0 spiro atoms. The molecule has 0 heterocycles. The van der Waals surface area contributed by atoms with Crippen LogP contribution < -0.4 is 19.5 Å². The maximum atomic E-state index is 12.9. The first kappa shape index (κ1) is 22.7. The zero-order valence-electron chi connectivity index (χ0n) is 18.2. The van der Waals surface area contributed by atoms with E-state index in [9.17, 15) is 9.59 Å². The van der Waals surface area contributed by atoms with Crippen LogP contribution in [0.5, 0.6) is 17.2 Å². The highest BCUT2D eigenvalue weighted by atomic mass is 16.5. The molecule has 0 aliphatic heterocycles. The molecule has 0 aliphatic rings. The van der Waals surface area contributed by atoms with Gasteiger partial charge < -0.3 is 24.3 Å². The molecule has 0 saturated heterocycles. The number of amides is 1. The van der Waals surface area contributed by atoms with Crippen molar-refractivity contribution in [2.45, 2.75) is 13.5 Å². The number of esters is 1. The van der Waals surface area contributed by atoms with Gasteiger partial charge in [0.15, 0.2) is 0 Å². The molecule has 0 fully saturated rings. The smallest absolute Gasteiger partial charge is 0.339 e. The number of hydrogen-bond acceptors (Lipinski definition) is 6. The Morgan fingerprint density at radius 1 is 0.875 bits per heavy atom. The summed E-state index contributed by atoms with van der Waals surface area (Å²) in [4.78, 5) is 24.9. The van der Waals surface area contributed by atoms with Gasteiger partial charge in [-0.3, -0.25) is 4.79 Å². The standard InChI is InChI=1S/C25H25NO6/c1-4-31-23-13-12-17(14-18(23)16-32-20-9-7-8-19(15-20)29-2)24(27)26-22-11-6-5-10-21(22)25(28)30-3/h5-15H,4,16H2,1-3H3,(H,26,27). The van der Waals surface area contributed by atoms with Crippen molar-refractivity contribution >= 4 is 17.6 Å². The van der Waals surface area contributed by atoms with Crippen LogP contribution in [0.1, 0.15) is 33.2 Å². The highest BCUT2D eigenvalue weighted by molar-refractivity contribution is 6.08. The van der Waals surface area contributed by atoms with E-state index >= 15 is 0 Å². The van der Waals surface area contributed by atoms with Crippen LogP contribution in [0.15, 0.2) is 66.7 Å². The third-order valence-corrected chi connectivity index (χ3v) is 4.64. The van der Waals surface area contributed by atoms with Crippen molar-refractivity contribution in [3.63, 3.8) is 0 Å². The van der Waals surface area contributed by atoms with E-state index in [2.05, 4.69) is 5.32 Å². The predicted molar refractivity (Wildman–Crippen MR) is 121 cm³/mol. The van der Waals surface area contributed by atoms with E-state index in [-0.39, 0.29) is 18.1 Å². The van der Waals surface area contributed by atoms with E-state index in [1.807, 2.05) is 25.1 Å². The molecule has 0 unspecified atom stereocenters. The summed E-state index contributed by atoms with van der Waals surface area (Å²) in [7, 11) is 2.88. The molecule has 7 nitrogen and oxygen atoms in total. The second-order valence-corrected chi connectivity index (χ2v) is 6.71. The van der Waals surface area contributed by atoms with Gasteiger partial charge in [-0.2, -0.15) is 0 Å². The summed E-state index contributed by atoms with van der Waals surface area (Å²) in [6.07, 6.45) is 0. The summed E-state index contributed by atoms with van der Waals surface area (Å²) in [6, 6.07) is 19.0. The molecular weight excluding hydrogens is 410 g/mol. The van der Waals surface area contributed by atoms with Crippen molar-refractivity contribution in [2.75, 3.05) is 26.1 Å². The second kappa shape index (κ2) is 10.9. The summed E-state index contributed by atoms with van der Waals surface area (Å²) in [5.74, 6) is 1.05. The van der Waals surface area contributed by atoms with Crippen LogP contribution in [0.2, 0.25) is 0 Å². The number of benzene rings is 3. The Morgan fingerprint density at radius 2 is 1.66 bits per heavy atom. The minimum atomic E-state index is -0.528. The van der Waals surface area contributed by atoms with Crippen LogP contribution in [0.4, 0.5) is 5.69 Å². The molecule has 166 valence electrons. The van der Waals surface area contributed by atoms with Gasteiger partial charge in [0.25, 0.3) is 5.91 Å². The SMILES string of the molecule is CCOc1ccc(C(=O)Nc2ccccc2C(=O)OC)cc1COc1cccc(OC)c1. The second-order valence-electron chi connectivity index (χ2n) is 6.71. The van der Waals surface area contributed by atoms with Gasteiger partial charge in [-0.15, -0.1) is 0 Å². The van der Waals surface area contributed by atoms with Gasteiger partial charge in [0.05, 0.1) is 32.1 Å². The van der Waals surface area contributed by atoms with Gasteiger partial charge >= 0.3 is 5.97 Å². The summed E-state index contributed by atoms with van der Waals surface area (Å²) >= 11 is 0. The summed E-state index contributed by atoms with van der Waals surface area (Å²) in [5, 5.41) is 2.77. The molecule has 0 radical (unpaired) electrons. The Bertz CT molecular complexity index is 1100. The van der Waals surface area contributed by atoms with Crippen molar-refractivity contribution in [3.8, 4) is 17.2 Å². The predicted octanol–water partition coefficient (Wildman–Crippen LogP) is 4.71. The van der Waals surface area contributed by atoms with Crippen LogP contribution in [0.3, 0.4) is 0 Å². The Kier molecular flexibility index (Phi) is 7.70. The topological polar surface area (TPSA) is 83.1 Å². The Morgan fingerprint density at radius 3 is 2.41 bits per heavy atom. The van der Waals surface area contributed by atoms with Crippen molar-refractivity contribution in [1.29, 1.82) is 0 Å². The molecule has 0 aliphatic carbocycles. The summed E-state index contributed by atoms with van der Waals surface area (Å²) in [6.45, 7) is 2.56. The molecular formula is C25H25NO6. The number of carbonyl (C=O) groups is 2. The van der Waals surface area contributed by atoms with Crippen molar-refractivity contribution in [2.24, 2.45) is 0 Å². The molecule has 3 rings (SSSR count). The molecule has 3 aromatic carbocycles. The monoisotopic (exact) mass is 435 g/mol. The molecule has 3 aromatic rings. The highest BCUT2D eigenvalue weighted by Crippen LogP contribution is 2.25. The van der Waals surface area contributed by atoms with Crippen LogP contribution in [0.25, 0.3) is 0 Å². The maximum absolute atomic E-state index is 12.9. The average molecular weight is 435 g/mol. The molecule has 0 atom stereocenters. The quantitative estimate of drug-likeness (QED) is 0.490. The lowest BCUT2D eigenvalue weighted by Crippen LogP contribution is -2.16. The zero-order valence-corrected chi connectivity index (χ0v) is 18.2. The third kappa shape index (κ3) is 5.57. The lowest BCUT2D eigenvalue weighted by atomic mass is 10.1. The van der Waals surface area contributed by atoms with Crippen molar-refractivity contribution in [1.82, 2.24) is 0 Å². The highest BCUT2D eigenvalue weighted by Gasteiger charge is 2.16.